The van der Waals surface area contributed by atoms with Crippen LogP contribution in [-0.4, -0.2) is 39.4 Å². The minimum Gasteiger partial charge on any atom is -0.478 e. The van der Waals surface area contributed by atoms with Gasteiger partial charge in [-0.15, -0.1) is 0 Å². The third-order valence-electron chi connectivity index (χ3n) is 7.58. The van der Waals surface area contributed by atoms with Crippen molar-refractivity contribution in [3.8, 4) is 11.3 Å². The minimum atomic E-state index is -0.946. The van der Waals surface area contributed by atoms with Crippen LogP contribution in [0.25, 0.3) is 11.3 Å². The molecule has 2 bridgehead atoms. The van der Waals surface area contributed by atoms with E-state index in [-0.39, 0.29) is 11.7 Å². The van der Waals surface area contributed by atoms with Gasteiger partial charge in [-0.1, -0.05) is 29.4 Å². The number of fused-ring (bicyclic) bond motifs is 2. The van der Waals surface area contributed by atoms with Crippen LogP contribution < -0.4 is 4.90 Å². The van der Waals surface area contributed by atoms with Crippen LogP contribution in [0.2, 0.25) is 0 Å². The smallest absolute Gasteiger partial charge is 0.337 e. The Balaban J connectivity index is 1.18. The molecule has 1 N–H and O–H groups in total. The molecule has 2 aromatic heterocycles. The number of aromatic nitrogens is 2. The van der Waals surface area contributed by atoms with E-state index in [2.05, 4.69) is 34.1 Å². The van der Waals surface area contributed by atoms with E-state index < -0.39 is 5.97 Å². The van der Waals surface area contributed by atoms with E-state index in [0.29, 0.717) is 24.6 Å². The fourth-order valence-corrected chi connectivity index (χ4v) is 5.68. The van der Waals surface area contributed by atoms with E-state index in [4.69, 9.17) is 14.4 Å². The Morgan fingerprint density at radius 1 is 1.12 bits per heavy atom. The third kappa shape index (κ3) is 3.88. The first-order chi connectivity index (χ1) is 16.6. The molecule has 34 heavy (non-hydrogen) atoms. The van der Waals surface area contributed by atoms with Crippen LogP contribution in [-0.2, 0) is 11.3 Å². The lowest BCUT2D eigenvalue weighted by molar-refractivity contribution is 0.0146. The molecule has 1 aliphatic carbocycles. The van der Waals surface area contributed by atoms with E-state index >= 15 is 0 Å². The van der Waals surface area contributed by atoms with Crippen LogP contribution in [0.1, 0.15) is 71.7 Å². The van der Waals surface area contributed by atoms with E-state index in [0.717, 1.165) is 66.9 Å². The Labute approximate surface area is 198 Å². The number of carbonyl (C=O) groups is 1. The van der Waals surface area contributed by atoms with E-state index in [1.54, 1.807) is 6.07 Å². The number of aryl methyl sites for hydroxylation is 1. The highest BCUT2D eigenvalue weighted by atomic mass is 16.5. The zero-order valence-electron chi connectivity index (χ0n) is 19.3. The van der Waals surface area contributed by atoms with Crippen LogP contribution in [0.3, 0.4) is 0 Å². The molecule has 3 fully saturated rings. The number of rotatable bonds is 7. The summed E-state index contributed by atoms with van der Waals surface area (Å²) in [6.45, 7) is 2.63. The maximum absolute atomic E-state index is 11.2. The van der Waals surface area contributed by atoms with E-state index in [1.807, 2.05) is 18.2 Å². The molecular weight excluding hydrogens is 430 g/mol. The number of piperidine rings is 1. The average molecular weight is 460 g/mol. The quantitative estimate of drug-likeness (QED) is 0.510. The molecule has 0 unspecified atom stereocenters. The Morgan fingerprint density at radius 3 is 2.53 bits per heavy atom. The first-order valence-electron chi connectivity index (χ1n) is 12.2. The zero-order chi connectivity index (χ0) is 23.2. The molecule has 7 heteroatoms. The molecule has 3 aromatic rings. The fraction of sp³-hybridized carbons (Fsp3) is 0.444. The van der Waals surface area contributed by atoms with Gasteiger partial charge in [0.25, 0.3) is 0 Å². The molecule has 6 rings (SSSR count). The van der Waals surface area contributed by atoms with Crippen molar-refractivity contribution in [3.05, 3.63) is 65.0 Å². The van der Waals surface area contributed by atoms with Crippen LogP contribution in [0.15, 0.2) is 47.1 Å². The van der Waals surface area contributed by atoms with Gasteiger partial charge in [-0.2, -0.15) is 0 Å². The largest absolute Gasteiger partial charge is 0.478 e. The Hall–Kier alpha value is -3.19. The summed E-state index contributed by atoms with van der Waals surface area (Å²) in [7, 11) is 0. The molecule has 1 saturated carbocycles. The maximum atomic E-state index is 11.2. The van der Waals surface area contributed by atoms with Crippen molar-refractivity contribution >= 4 is 11.8 Å². The third-order valence-corrected chi connectivity index (χ3v) is 7.58. The highest BCUT2D eigenvalue weighted by Crippen LogP contribution is 2.45. The van der Waals surface area contributed by atoms with Gasteiger partial charge in [0.05, 0.1) is 18.3 Å². The highest BCUT2D eigenvalue weighted by Gasteiger charge is 2.42. The lowest BCUT2D eigenvalue weighted by Crippen LogP contribution is -2.46. The summed E-state index contributed by atoms with van der Waals surface area (Å²) >= 11 is 0. The van der Waals surface area contributed by atoms with Crippen molar-refractivity contribution in [2.45, 2.75) is 76.2 Å². The molecule has 2 aliphatic heterocycles. The molecule has 176 valence electrons. The van der Waals surface area contributed by atoms with Gasteiger partial charge in [-0.25, -0.2) is 9.78 Å². The van der Waals surface area contributed by atoms with Gasteiger partial charge in [0, 0.05) is 35.3 Å². The van der Waals surface area contributed by atoms with Gasteiger partial charge >= 0.3 is 5.97 Å². The summed E-state index contributed by atoms with van der Waals surface area (Å²) in [4.78, 5) is 18.0. The first-order valence-corrected chi connectivity index (χ1v) is 12.2. The number of ether oxygens (including phenoxy) is 1. The predicted molar refractivity (Wildman–Crippen MR) is 127 cm³/mol. The minimum absolute atomic E-state index is 0.179. The molecule has 0 radical (unpaired) electrons. The van der Waals surface area contributed by atoms with Gasteiger partial charge in [0.1, 0.15) is 17.3 Å². The number of hydrogen-bond acceptors (Lipinski definition) is 6. The number of hydrogen-bond donors (Lipinski definition) is 1. The Kier molecular flexibility index (Phi) is 5.37. The summed E-state index contributed by atoms with van der Waals surface area (Å²) in [6.07, 6.45) is 8.07. The standard InChI is InChI=1S/C27H29N3O4/c1-16-4-2-3-5-22(16)25-23(26(34-29-25)17-6-7-17)15-33-21-12-19-9-10-20(13-21)30(19)24-11-8-18(14-28-24)27(31)32/h2-5,8,11,14,17,19-21H,6-7,9-10,12-13,15H2,1H3,(H,31,32)/t19-,20-/m1/s1. The van der Waals surface area contributed by atoms with Crippen LogP contribution in [0, 0.1) is 6.92 Å². The topological polar surface area (TPSA) is 88.7 Å². The van der Waals surface area contributed by atoms with Crippen molar-refractivity contribution in [1.82, 2.24) is 10.1 Å². The second kappa shape index (κ2) is 8.55. The normalized spacial score (nSPS) is 23.9. The van der Waals surface area contributed by atoms with E-state index in [1.165, 1.54) is 11.8 Å². The van der Waals surface area contributed by atoms with Crippen molar-refractivity contribution in [2.75, 3.05) is 4.90 Å². The molecule has 4 heterocycles. The molecular formula is C27H29N3O4. The summed E-state index contributed by atoms with van der Waals surface area (Å²) in [5.41, 5.74) is 4.55. The lowest BCUT2D eigenvalue weighted by Gasteiger charge is -2.39. The van der Waals surface area contributed by atoms with Gasteiger partial charge < -0.3 is 19.3 Å². The lowest BCUT2D eigenvalue weighted by atomic mass is 9.98. The molecule has 0 spiro atoms. The number of benzene rings is 1. The summed E-state index contributed by atoms with van der Waals surface area (Å²) in [6, 6.07) is 12.5. The number of nitrogens with zero attached hydrogens (tertiary/aromatic N) is 3. The molecule has 0 amide bonds. The fourth-order valence-electron chi connectivity index (χ4n) is 5.68. The SMILES string of the molecule is Cc1ccccc1-c1noc(C2CC2)c1COC1C[C@H]2CC[C@H](C1)N2c1ccc(C(=O)O)cn1. The van der Waals surface area contributed by atoms with Crippen LogP contribution >= 0.6 is 0 Å². The summed E-state index contributed by atoms with van der Waals surface area (Å²) in [5.74, 6) is 1.40. The van der Waals surface area contributed by atoms with Gasteiger partial charge in [0.2, 0.25) is 0 Å². The Bertz CT molecular complexity index is 1190. The number of aromatic carboxylic acids is 1. The summed E-state index contributed by atoms with van der Waals surface area (Å²) < 4.78 is 12.4. The number of anilines is 1. The maximum Gasteiger partial charge on any atom is 0.337 e. The second-order valence-corrected chi connectivity index (χ2v) is 9.87. The van der Waals surface area contributed by atoms with Gasteiger partial charge in [0.15, 0.2) is 0 Å². The van der Waals surface area contributed by atoms with Gasteiger partial charge in [-0.3, -0.25) is 0 Å². The number of carboxylic acid groups (broad SMARTS) is 1. The molecule has 1 aromatic carbocycles. The molecule has 2 saturated heterocycles. The number of carboxylic acids is 1. The monoisotopic (exact) mass is 459 g/mol. The molecule has 7 nitrogen and oxygen atoms in total. The van der Waals surface area contributed by atoms with Crippen LogP contribution in [0.4, 0.5) is 5.82 Å². The first kappa shape index (κ1) is 21.4. The van der Waals surface area contributed by atoms with Crippen molar-refractivity contribution in [1.29, 1.82) is 0 Å². The second-order valence-electron chi connectivity index (χ2n) is 9.87. The average Bonchev–Trinajstić information content (AvgIpc) is 3.55. The van der Waals surface area contributed by atoms with Crippen molar-refractivity contribution in [2.24, 2.45) is 0 Å². The van der Waals surface area contributed by atoms with Gasteiger partial charge in [-0.05, 0) is 63.1 Å². The molecule has 3 aliphatic rings. The predicted octanol–water partition coefficient (Wildman–Crippen LogP) is 5.34. The van der Waals surface area contributed by atoms with Crippen molar-refractivity contribution in [3.63, 3.8) is 0 Å². The molecule has 2 atom stereocenters. The number of pyridine rings is 1. The van der Waals surface area contributed by atoms with E-state index in [9.17, 15) is 4.79 Å². The van der Waals surface area contributed by atoms with Crippen molar-refractivity contribution < 1.29 is 19.2 Å². The zero-order valence-corrected chi connectivity index (χ0v) is 19.3. The highest BCUT2D eigenvalue weighted by molar-refractivity contribution is 5.87. The van der Waals surface area contributed by atoms with Crippen LogP contribution in [0.5, 0.6) is 0 Å². The Morgan fingerprint density at radius 2 is 1.88 bits per heavy atom. The summed E-state index contributed by atoms with van der Waals surface area (Å²) in [5, 5.41) is 13.6.